The molecule has 0 aromatic heterocycles. The Labute approximate surface area is 111 Å². The van der Waals surface area contributed by atoms with Crippen LogP contribution in [0.5, 0.6) is 0 Å². The molecule has 0 aromatic carbocycles. The van der Waals surface area contributed by atoms with Gasteiger partial charge in [-0.15, -0.1) is 0 Å². The summed E-state index contributed by atoms with van der Waals surface area (Å²) < 4.78 is 0. The Morgan fingerprint density at radius 3 is 2.71 bits per heavy atom. The second-order valence-electron chi connectivity index (χ2n) is 6.17. The van der Waals surface area contributed by atoms with Crippen LogP contribution in [0.4, 0.5) is 0 Å². The van der Waals surface area contributed by atoms with E-state index in [1.165, 1.54) is 37.9 Å². The standard InChI is InChI=1S/C14H28N2S/c1-11-6-4-7-12(10-11)17-9-5-8-14(2,3)13(15)16/h11-12H,4-10H2,1-3H3,(H3,15,16). The van der Waals surface area contributed by atoms with Gasteiger partial charge >= 0.3 is 0 Å². The highest BCUT2D eigenvalue weighted by Crippen LogP contribution is 2.33. The van der Waals surface area contributed by atoms with Crippen LogP contribution in [0.25, 0.3) is 0 Å². The monoisotopic (exact) mass is 256 g/mol. The molecule has 2 nitrogen and oxygen atoms in total. The fourth-order valence-electron chi connectivity index (χ4n) is 2.43. The molecule has 0 aromatic rings. The fourth-order valence-corrected chi connectivity index (χ4v) is 3.87. The van der Waals surface area contributed by atoms with Gasteiger partial charge in [-0.25, -0.2) is 0 Å². The first-order chi connectivity index (χ1) is 7.92. The van der Waals surface area contributed by atoms with Crippen LogP contribution in [-0.4, -0.2) is 16.8 Å². The lowest BCUT2D eigenvalue weighted by atomic mass is 9.87. The molecule has 0 spiro atoms. The Balaban J connectivity index is 2.13. The number of hydrogen-bond acceptors (Lipinski definition) is 2. The maximum absolute atomic E-state index is 7.53. The normalized spacial score (nSPS) is 25.8. The lowest BCUT2D eigenvalue weighted by Crippen LogP contribution is -2.30. The first kappa shape index (κ1) is 14.9. The zero-order valence-corrected chi connectivity index (χ0v) is 12.4. The van der Waals surface area contributed by atoms with E-state index in [1.54, 1.807) is 0 Å². The maximum Gasteiger partial charge on any atom is 0.0963 e. The zero-order chi connectivity index (χ0) is 12.9. The van der Waals surface area contributed by atoms with Crippen LogP contribution in [0, 0.1) is 16.7 Å². The van der Waals surface area contributed by atoms with Crippen molar-refractivity contribution in [2.45, 2.75) is 64.5 Å². The molecule has 2 atom stereocenters. The van der Waals surface area contributed by atoms with Crippen molar-refractivity contribution < 1.29 is 0 Å². The Hall–Kier alpha value is -0.180. The fraction of sp³-hybridized carbons (Fsp3) is 0.929. The molecule has 100 valence electrons. The molecule has 17 heavy (non-hydrogen) atoms. The molecule has 1 aliphatic rings. The van der Waals surface area contributed by atoms with Crippen LogP contribution >= 0.6 is 11.8 Å². The van der Waals surface area contributed by atoms with Crippen LogP contribution < -0.4 is 5.73 Å². The van der Waals surface area contributed by atoms with E-state index in [1.807, 2.05) is 0 Å². The second-order valence-corrected chi connectivity index (χ2v) is 7.57. The number of thioether (sulfide) groups is 1. The molecule has 3 heteroatoms. The third kappa shape index (κ3) is 5.33. The minimum atomic E-state index is -0.111. The molecule has 0 saturated heterocycles. The van der Waals surface area contributed by atoms with Gasteiger partial charge in [-0.1, -0.05) is 33.6 Å². The van der Waals surface area contributed by atoms with Crippen molar-refractivity contribution in [3.05, 3.63) is 0 Å². The maximum atomic E-state index is 7.53. The first-order valence-electron chi connectivity index (χ1n) is 6.88. The minimum Gasteiger partial charge on any atom is -0.387 e. The number of amidine groups is 1. The van der Waals surface area contributed by atoms with Gasteiger partial charge < -0.3 is 5.73 Å². The lowest BCUT2D eigenvalue weighted by molar-refractivity contribution is 0.394. The molecule has 1 aliphatic carbocycles. The number of hydrogen-bond donors (Lipinski definition) is 2. The van der Waals surface area contributed by atoms with Gasteiger partial charge in [0, 0.05) is 10.7 Å². The summed E-state index contributed by atoms with van der Waals surface area (Å²) in [6, 6.07) is 0. The highest BCUT2D eigenvalue weighted by molar-refractivity contribution is 7.99. The van der Waals surface area contributed by atoms with E-state index in [0.717, 1.165) is 17.6 Å². The first-order valence-corrected chi connectivity index (χ1v) is 7.93. The number of nitrogens with two attached hydrogens (primary N) is 1. The van der Waals surface area contributed by atoms with Gasteiger partial charge in [0.05, 0.1) is 5.84 Å². The summed E-state index contributed by atoms with van der Waals surface area (Å²) in [5, 5.41) is 8.41. The second kappa shape index (κ2) is 6.67. The van der Waals surface area contributed by atoms with E-state index < -0.39 is 0 Å². The average molecular weight is 256 g/mol. The molecule has 2 unspecified atom stereocenters. The summed E-state index contributed by atoms with van der Waals surface area (Å²) in [6.07, 6.45) is 7.87. The topological polar surface area (TPSA) is 49.9 Å². The highest BCUT2D eigenvalue weighted by Gasteiger charge is 2.22. The van der Waals surface area contributed by atoms with Gasteiger partial charge in [-0.2, -0.15) is 11.8 Å². The SMILES string of the molecule is CC1CCCC(SCCCC(C)(C)C(=N)N)C1. The van der Waals surface area contributed by atoms with Gasteiger partial charge in [0.1, 0.15) is 0 Å². The third-order valence-electron chi connectivity index (χ3n) is 3.92. The lowest BCUT2D eigenvalue weighted by Gasteiger charge is -2.27. The van der Waals surface area contributed by atoms with E-state index in [9.17, 15) is 0 Å². The van der Waals surface area contributed by atoms with Crippen molar-refractivity contribution >= 4 is 17.6 Å². The molecule has 0 radical (unpaired) electrons. The summed E-state index contributed by atoms with van der Waals surface area (Å²) in [6.45, 7) is 6.52. The third-order valence-corrected chi connectivity index (χ3v) is 5.34. The summed E-state index contributed by atoms with van der Waals surface area (Å²) in [5.74, 6) is 2.48. The summed E-state index contributed by atoms with van der Waals surface area (Å²) in [7, 11) is 0. The minimum absolute atomic E-state index is 0.111. The molecule has 0 amide bonds. The molecule has 1 rings (SSSR count). The average Bonchev–Trinajstić information content (AvgIpc) is 2.24. The molecule has 3 N–H and O–H groups in total. The predicted molar refractivity (Wildman–Crippen MR) is 78.8 cm³/mol. The van der Waals surface area contributed by atoms with Gasteiger partial charge in [0.2, 0.25) is 0 Å². The molecule has 1 fully saturated rings. The van der Waals surface area contributed by atoms with E-state index in [4.69, 9.17) is 11.1 Å². The van der Waals surface area contributed by atoms with Gasteiger partial charge in [0.15, 0.2) is 0 Å². The molecule has 0 aliphatic heterocycles. The summed E-state index contributed by atoms with van der Waals surface area (Å²) >= 11 is 2.14. The molecular weight excluding hydrogens is 228 g/mol. The van der Waals surface area contributed by atoms with Crippen molar-refractivity contribution in [3.8, 4) is 0 Å². The molecule has 1 saturated carbocycles. The van der Waals surface area contributed by atoms with E-state index in [0.29, 0.717) is 5.84 Å². The smallest absolute Gasteiger partial charge is 0.0963 e. The number of rotatable bonds is 6. The Morgan fingerprint density at radius 1 is 1.41 bits per heavy atom. The van der Waals surface area contributed by atoms with Crippen LogP contribution in [0.2, 0.25) is 0 Å². The number of nitrogens with one attached hydrogen (secondary N) is 1. The van der Waals surface area contributed by atoms with Crippen LogP contribution in [0.1, 0.15) is 59.3 Å². The van der Waals surface area contributed by atoms with E-state index in [-0.39, 0.29) is 5.41 Å². The van der Waals surface area contributed by atoms with E-state index in [2.05, 4.69) is 32.5 Å². The predicted octanol–water partition coefficient (Wildman–Crippen LogP) is 4.04. The summed E-state index contributed by atoms with van der Waals surface area (Å²) in [5.41, 5.74) is 5.48. The van der Waals surface area contributed by atoms with Crippen molar-refractivity contribution in [1.82, 2.24) is 0 Å². The Kier molecular flexibility index (Phi) is 5.84. The zero-order valence-electron chi connectivity index (χ0n) is 11.6. The van der Waals surface area contributed by atoms with Crippen molar-refractivity contribution in [2.75, 3.05) is 5.75 Å². The highest BCUT2D eigenvalue weighted by atomic mass is 32.2. The molecular formula is C14H28N2S. The van der Waals surface area contributed by atoms with Gasteiger partial charge in [0.25, 0.3) is 0 Å². The van der Waals surface area contributed by atoms with Crippen molar-refractivity contribution in [1.29, 1.82) is 5.41 Å². The Morgan fingerprint density at radius 2 is 2.12 bits per heavy atom. The van der Waals surface area contributed by atoms with Crippen LogP contribution in [0.15, 0.2) is 0 Å². The van der Waals surface area contributed by atoms with Crippen LogP contribution in [-0.2, 0) is 0 Å². The van der Waals surface area contributed by atoms with Gasteiger partial charge in [-0.3, -0.25) is 5.41 Å². The molecule has 0 bridgehead atoms. The Bertz CT molecular complexity index is 251. The van der Waals surface area contributed by atoms with Crippen molar-refractivity contribution in [2.24, 2.45) is 17.1 Å². The van der Waals surface area contributed by atoms with Crippen LogP contribution in [0.3, 0.4) is 0 Å². The van der Waals surface area contributed by atoms with Crippen molar-refractivity contribution in [3.63, 3.8) is 0 Å². The van der Waals surface area contributed by atoms with E-state index >= 15 is 0 Å². The molecule has 0 heterocycles. The summed E-state index contributed by atoms with van der Waals surface area (Å²) in [4.78, 5) is 0. The van der Waals surface area contributed by atoms with Gasteiger partial charge in [-0.05, 0) is 37.4 Å². The quantitative estimate of drug-likeness (QED) is 0.428. The largest absolute Gasteiger partial charge is 0.387 e.